The number of aryl methyl sites for hydroxylation is 1. The summed E-state index contributed by atoms with van der Waals surface area (Å²) < 4.78 is 0. The first-order chi connectivity index (χ1) is 7.69. The van der Waals surface area contributed by atoms with Crippen LogP contribution in [0.4, 0.5) is 0 Å². The van der Waals surface area contributed by atoms with Crippen LogP contribution in [0.2, 0.25) is 0 Å². The summed E-state index contributed by atoms with van der Waals surface area (Å²) in [4.78, 5) is 2.54. The molecule has 1 heterocycles. The van der Waals surface area contributed by atoms with Crippen LogP contribution in [0, 0.1) is 12.8 Å². The summed E-state index contributed by atoms with van der Waals surface area (Å²) >= 11 is 0. The highest BCUT2D eigenvalue weighted by molar-refractivity contribution is 5.85. The number of likely N-dealkylation sites (tertiary alicyclic amines) is 1. The van der Waals surface area contributed by atoms with E-state index in [0.29, 0.717) is 12.0 Å². The van der Waals surface area contributed by atoms with Gasteiger partial charge in [0.25, 0.3) is 0 Å². The van der Waals surface area contributed by atoms with E-state index in [4.69, 9.17) is 5.73 Å². The molecule has 0 bridgehead atoms. The molecule has 0 aliphatic carbocycles. The number of hydrogen-bond acceptors (Lipinski definition) is 2. The Morgan fingerprint density at radius 3 is 2.47 bits per heavy atom. The first-order valence-corrected chi connectivity index (χ1v) is 6.18. The Kier molecular flexibility index (Phi) is 5.44. The maximum atomic E-state index is 5.74. The summed E-state index contributed by atoms with van der Waals surface area (Å²) in [5.41, 5.74) is 8.49. The Bertz CT molecular complexity index is 337. The van der Waals surface area contributed by atoms with Crippen molar-refractivity contribution in [3.05, 3.63) is 35.4 Å². The minimum atomic E-state index is 0. The van der Waals surface area contributed by atoms with E-state index in [1.54, 1.807) is 0 Å². The lowest BCUT2D eigenvalue weighted by molar-refractivity contribution is 0.256. The second-order valence-electron chi connectivity index (χ2n) is 5.10. The number of nitrogens with two attached hydrogens (primary N) is 1. The molecule has 0 spiro atoms. The van der Waals surface area contributed by atoms with Gasteiger partial charge in [0.2, 0.25) is 0 Å². The van der Waals surface area contributed by atoms with Crippen molar-refractivity contribution in [2.24, 2.45) is 11.7 Å². The molecule has 1 aromatic carbocycles. The second-order valence-corrected chi connectivity index (χ2v) is 5.10. The zero-order valence-corrected chi connectivity index (χ0v) is 11.5. The summed E-state index contributed by atoms with van der Waals surface area (Å²) in [7, 11) is 0. The molecule has 0 aromatic heterocycles. The number of benzene rings is 1. The highest BCUT2D eigenvalue weighted by atomic mass is 35.5. The largest absolute Gasteiger partial charge is 0.330 e. The third-order valence-corrected chi connectivity index (χ3v) is 3.63. The summed E-state index contributed by atoms with van der Waals surface area (Å²) in [6, 6.07) is 9.53. The fourth-order valence-electron chi connectivity index (χ4n) is 2.54. The molecule has 2 atom stereocenters. The Hall–Kier alpha value is -0.570. The van der Waals surface area contributed by atoms with Gasteiger partial charge in [-0.1, -0.05) is 29.8 Å². The third kappa shape index (κ3) is 3.70. The average Bonchev–Trinajstić information content (AvgIpc) is 2.63. The van der Waals surface area contributed by atoms with Gasteiger partial charge in [0.05, 0.1) is 0 Å². The molecule has 1 aliphatic heterocycles. The predicted octanol–water partition coefficient (Wildman–Crippen LogP) is 2.59. The molecular formula is C14H23ClN2. The second kappa shape index (κ2) is 6.39. The fourth-order valence-corrected chi connectivity index (χ4v) is 2.54. The van der Waals surface area contributed by atoms with Crippen molar-refractivity contribution in [3.8, 4) is 0 Å². The van der Waals surface area contributed by atoms with Crippen LogP contribution >= 0.6 is 12.4 Å². The van der Waals surface area contributed by atoms with E-state index in [0.717, 1.165) is 19.6 Å². The standard InChI is InChI=1S/C14H22N2.ClH/c1-11-3-5-13(6-4-11)9-16-10-14(8-15)7-12(16)2;/h3-6,12,14H,7-10,15H2,1-2H3;1H. The van der Waals surface area contributed by atoms with Crippen LogP contribution in [0.15, 0.2) is 24.3 Å². The van der Waals surface area contributed by atoms with Crippen LogP contribution in [-0.2, 0) is 6.54 Å². The lowest BCUT2D eigenvalue weighted by Crippen LogP contribution is -2.27. The zero-order valence-electron chi connectivity index (χ0n) is 10.7. The molecule has 1 aliphatic rings. The first kappa shape index (κ1) is 14.5. The van der Waals surface area contributed by atoms with Gasteiger partial charge in [-0.15, -0.1) is 12.4 Å². The molecule has 0 radical (unpaired) electrons. The summed E-state index contributed by atoms with van der Waals surface area (Å²) in [5, 5.41) is 0. The Morgan fingerprint density at radius 2 is 1.94 bits per heavy atom. The highest BCUT2D eigenvalue weighted by Gasteiger charge is 2.27. The summed E-state index contributed by atoms with van der Waals surface area (Å²) in [6.45, 7) is 7.49. The Morgan fingerprint density at radius 1 is 1.29 bits per heavy atom. The van der Waals surface area contributed by atoms with E-state index < -0.39 is 0 Å². The van der Waals surface area contributed by atoms with Gasteiger partial charge in [-0.05, 0) is 38.3 Å². The van der Waals surface area contributed by atoms with E-state index in [-0.39, 0.29) is 12.4 Å². The molecule has 2 N–H and O–H groups in total. The molecular weight excluding hydrogens is 232 g/mol. The molecule has 1 fully saturated rings. The van der Waals surface area contributed by atoms with Crippen LogP contribution in [0.5, 0.6) is 0 Å². The van der Waals surface area contributed by atoms with Crippen LogP contribution in [0.3, 0.4) is 0 Å². The van der Waals surface area contributed by atoms with Crippen molar-refractivity contribution in [2.75, 3.05) is 13.1 Å². The molecule has 3 heteroatoms. The Labute approximate surface area is 111 Å². The van der Waals surface area contributed by atoms with Crippen LogP contribution in [-0.4, -0.2) is 24.0 Å². The van der Waals surface area contributed by atoms with E-state index in [2.05, 4.69) is 43.0 Å². The van der Waals surface area contributed by atoms with Crippen molar-refractivity contribution in [1.29, 1.82) is 0 Å². The van der Waals surface area contributed by atoms with Gasteiger partial charge in [-0.25, -0.2) is 0 Å². The van der Waals surface area contributed by atoms with Gasteiger partial charge < -0.3 is 5.73 Å². The van der Waals surface area contributed by atoms with E-state index >= 15 is 0 Å². The SMILES string of the molecule is Cc1ccc(CN2CC(CN)CC2C)cc1.Cl. The molecule has 0 saturated carbocycles. The van der Waals surface area contributed by atoms with E-state index in [9.17, 15) is 0 Å². The lowest BCUT2D eigenvalue weighted by Gasteiger charge is -2.21. The highest BCUT2D eigenvalue weighted by Crippen LogP contribution is 2.23. The first-order valence-electron chi connectivity index (χ1n) is 6.18. The topological polar surface area (TPSA) is 29.3 Å². The van der Waals surface area contributed by atoms with Gasteiger partial charge in [0.1, 0.15) is 0 Å². The van der Waals surface area contributed by atoms with Crippen LogP contribution < -0.4 is 5.73 Å². The minimum absolute atomic E-state index is 0. The molecule has 0 amide bonds. The quantitative estimate of drug-likeness (QED) is 0.899. The Balaban J connectivity index is 0.00000144. The predicted molar refractivity (Wildman–Crippen MR) is 75.5 cm³/mol. The molecule has 1 aromatic rings. The molecule has 17 heavy (non-hydrogen) atoms. The van der Waals surface area contributed by atoms with Crippen LogP contribution in [0.1, 0.15) is 24.5 Å². The molecule has 1 saturated heterocycles. The van der Waals surface area contributed by atoms with Gasteiger partial charge in [-0.2, -0.15) is 0 Å². The molecule has 96 valence electrons. The van der Waals surface area contributed by atoms with Crippen molar-refractivity contribution in [2.45, 2.75) is 32.9 Å². The van der Waals surface area contributed by atoms with Gasteiger partial charge in [0, 0.05) is 19.1 Å². The maximum absolute atomic E-state index is 5.74. The van der Waals surface area contributed by atoms with E-state index in [1.165, 1.54) is 17.5 Å². The van der Waals surface area contributed by atoms with Crippen molar-refractivity contribution < 1.29 is 0 Å². The number of hydrogen-bond donors (Lipinski definition) is 1. The normalized spacial score (nSPS) is 24.6. The molecule has 2 nitrogen and oxygen atoms in total. The number of halogens is 1. The average molecular weight is 255 g/mol. The lowest BCUT2D eigenvalue weighted by atomic mass is 10.1. The van der Waals surface area contributed by atoms with Crippen LogP contribution in [0.25, 0.3) is 0 Å². The van der Waals surface area contributed by atoms with Gasteiger partial charge >= 0.3 is 0 Å². The number of nitrogens with zero attached hydrogens (tertiary/aromatic N) is 1. The summed E-state index contributed by atoms with van der Waals surface area (Å²) in [5.74, 6) is 0.695. The monoisotopic (exact) mass is 254 g/mol. The fraction of sp³-hybridized carbons (Fsp3) is 0.571. The van der Waals surface area contributed by atoms with Gasteiger partial charge in [-0.3, -0.25) is 4.90 Å². The smallest absolute Gasteiger partial charge is 0.0236 e. The third-order valence-electron chi connectivity index (χ3n) is 3.63. The molecule has 2 rings (SSSR count). The maximum Gasteiger partial charge on any atom is 0.0236 e. The summed E-state index contributed by atoms with van der Waals surface area (Å²) in [6.07, 6.45) is 1.25. The minimum Gasteiger partial charge on any atom is -0.330 e. The van der Waals surface area contributed by atoms with Crippen molar-refractivity contribution in [3.63, 3.8) is 0 Å². The number of rotatable bonds is 3. The molecule has 2 unspecified atom stereocenters. The zero-order chi connectivity index (χ0) is 11.5. The van der Waals surface area contributed by atoms with Crippen molar-refractivity contribution in [1.82, 2.24) is 4.90 Å². The van der Waals surface area contributed by atoms with Gasteiger partial charge in [0.15, 0.2) is 0 Å². The van der Waals surface area contributed by atoms with E-state index in [1.807, 2.05) is 0 Å². The van der Waals surface area contributed by atoms with Crippen molar-refractivity contribution >= 4 is 12.4 Å².